The molecule has 0 aliphatic heterocycles. The number of nitrogens with two attached hydrogens (primary N) is 1. The van der Waals surface area contributed by atoms with E-state index in [9.17, 15) is 4.39 Å². The van der Waals surface area contributed by atoms with Crippen molar-refractivity contribution in [3.8, 4) is 5.75 Å². The lowest BCUT2D eigenvalue weighted by Crippen LogP contribution is -2.16. The fourth-order valence-electron chi connectivity index (χ4n) is 2.13. The molecule has 0 saturated heterocycles. The van der Waals surface area contributed by atoms with E-state index in [0.717, 1.165) is 18.4 Å². The molecule has 0 bridgehead atoms. The Balaban J connectivity index is 2.60. The summed E-state index contributed by atoms with van der Waals surface area (Å²) >= 11 is 0. The predicted molar refractivity (Wildman–Crippen MR) is 77.9 cm³/mol. The third-order valence-electron chi connectivity index (χ3n) is 3.27. The van der Waals surface area contributed by atoms with E-state index in [1.807, 2.05) is 19.9 Å². The summed E-state index contributed by atoms with van der Waals surface area (Å²) in [7, 11) is 0. The molecule has 0 saturated carbocycles. The van der Waals surface area contributed by atoms with Gasteiger partial charge in [0.05, 0.1) is 6.10 Å². The molecule has 3 heteroatoms. The van der Waals surface area contributed by atoms with Crippen LogP contribution in [0.1, 0.15) is 64.5 Å². The number of para-hydroxylation sites is 1. The van der Waals surface area contributed by atoms with Crippen molar-refractivity contribution in [2.45, 2.75) is 65.0 Å². The zero-order valence-corrected chi connectivity index (χ0v) is 12.3. The summed E-state index contributed by atoms with van der Waals surface area (Å²) in [5.41, 5.74) is 6.59. The number of hydrogen-bond donors (Lipinski definition) is 1. The van der Waals surface area contributed by atoms with Gasteiger partial charge in [-0.25, -0.2) is 4.39 Å². The lowest BCUT2D eigenvalue weighted by Gasteiger charge is -2.19. The third-order valence-corrected chi connectivity index (χ3v) is 3.27. The zero-order valence-electron chi connectivity index (χ0n) is 12.3. The molecule has 0 radical (unpaired) electrons. The summed E-state index contributed by atoms with van der Waals surface area (Å²) in [4.78, 5) is 0. The van der Waals surface area contributed by atoms with Crippen LogP contribution in [0.4, 0.5) is 4.39 Å². The van der Waals surface area contributed by atoms with Crippen LogP contribution in [0.5, 0.6) is 5.75 Å². The molecule has 2 N–H and O–H groups in total. The normalized spacial score (nSPS) is 14.2. The van der Waals surface area contributed by atoms with Gasteiger partial charge in [-0.2, -0.15) is 0 Å². The smallest absolute Gasteiger partial charge is 0.165 e. The second kappa shape index (κ2) is 8.16. The number of halogens is 1. The topological polar surface area (TPSA) is 35.2 Å². The lowest BCUT2D eigenvalue weighted by atomic mass is 10.1. The molecule has 1 aromatic carbocycles. The molecule has 0 aromatic heterocycles. The molecule has 2 unspecified atom stereocenters. The van der Waals surface area contributed by atoms with Crippen LogP contribution in [0.3, 0.4) is 0 Å². The van der Waals surface area contributed by atoms with E-state index in [1.165, 1.54) is 25.3 Å². The van der Waals surface area contributed by atoms with Gasteiger partial charge in [0, 0.05) is 11.6 Å². The maximum atomic E-state index is 13.8. The largest absolute Gasteiger partial charge is 0.487 e. The molecule has 0 aliphatic rings. The van der Waals surface area contributed by atoms with Gasteiger partial charge >= 0.3 is 0 Å². The number of benzene rings is 1. The van der Waals surface area contributed by atoms with Gasteiger partial charge in [0.15, 0.2) is 11.6 Å². The predicted octanol–water partition coefficient (Wildman–Crippen LogP) is 4.58. The standard InChI is InChI=1S/C16H26FNO/c1-4-5-6-7-9-12(2)19-16-14(13(3)18)10-8-11-15(16)17/h8,10-13H,4-7,9,18H2,1-3H3. The summed E-state index contributed by atoms with van der Waals surface area (Å²) in [6.45, 7) is 6.02. The van der Waals surface area contributed by atoms with E-state index in [-0.39, 0.29) is 18.0 Å². The maximum Gasteiger partial charge on any atom is 0.165 e. The van der Waals surface area contributed by atoms with Gasteiger partial charge in [0.25, 0.3) is 0 Å². The third kappa shape index (κ3) is 5.19. The van der Waals surface area contributed by atoms with Gasteiger partial charge in [0.1, 0.15) is 0 Å². The first-order valence-corrected chi connectivity index (χ1v) is 7.26. The second-order valence-electron chi connectivity index (χ2n) is 5.22. The number of unbranched alkanes of at least 4 members (excludes halogenated alkanes) is 3. The molecule has 0 heterocycles. The SMILES string of the molecule is CCCCCCC(C)Oc1c(F)cccc1C(C)N. The Labute approximate surface area is 116 Å². The molecule has 0 aliphatic carbocycles. The van der Waals surface area contributed by atoms with Gasteiger partial charge in [-0.15, -0.1) is 0 Å². The Morgan fingerprint density at radius 1 is 1.21 bits per heavy atom. The Kier molecular flexibility index (Phi) is 6.85. The van der Waals surface area contributed by atoms with E-state index < -0.39 is 0 Å². The quantitative estimate of drug-likeness (QED) is 0.699. The van der Waals surface area contributed by atoms with Crippen LogP contribution < -0.4 is 10.5 Å². The van der Waals surface area contributed by atoms with E-state index in [1.54, 1.807) is 6.07 Å². The van der Waals surface area contributed by atoms with Crippen LogP contribution in [-0.2, 0) is 0 Å². The minimum atomic E-state index is -0.324. The monoisotopic (exact) mass is 267 g/mol. The highest BCUT2D eigenvalue weighted by Gasteiger charge is 2.15. The van der Waals surface area contributed by atoms with E-state index in [0.29, 0.717) is 5.75 Å². The molecule has 108 valence electrons. The van der Waals surface area contributed by atoms with Crippen molar-refractivity contribution in [1.29, 1.82) is 0 Å². The van der Waals surface area contributed by atoms with Crippen LogP contribution in [0.25, 0.3) is 0 Å². The van der Waals surface area contributed by atoms with Crippen LogP contribution in [0, 0.1) is 5.82 Å². The lowest BCUT2D eigenvalue weighted by molar-refractivity contribution is 0.194. The molecule has 19 heavy (non-hydrogen) atoms. The fraction of sp³-hybridized carbons (Fsp3) is 0.625. The first kappa shape index (κ1) is 16.0. The molecular weight excluding hydrogens is 241 g/mol. The molecule has 2 atom stereocenters. The molecule has 1 aromatic rings. The van der Waals surface area contributed by atoms with Crippen LogP contribution in [0.15, 0.2) is 18.2 Å². The highest BCUT2D eigenvalue weighted by molar-refractivity contribution is 5.37. The van der Waals surface area contributed by atoms with Crippen molar-refractivity contribution in [2.24, 2.45) is 5.73 Å². The molecular formula is C16H26FNO. The summed E-state index contributed by atoms with van der Waals surface area (Å²) in [5, 5.41) is 0. The molecule has 0 amide bonds. The summed E-state index contributed by atoms with van der Waals surface area (Å²) in [6.07, 6.45) is 5.77. The highest BCUT2D eigenvalue weighted by Crippen LogP contribution is 2.28. The van der Waals surface area contributed by atoms with Gasteiger partial charge in [-0.05, 0) is 32.8 Å². The van der Waals surface area contributed by atoms with Gasteiger partial charge in [-0.3, -0.25) is 0 Å². The van der Waals surface area contributed by atoms with Crippen molar-refractivity contribution in [3.63, 3.8) is 0 Å². The van der Waals surface area contributed by atoms with Crippen LogP contribution in [0.2, 0.25) is 0 Å². The Bertz CT molecular complexity index is 379. The Hall–Kier alpha value is -1.09. The van der Waals surface area contributed by atoms with Crippen molar-refractivity contribution >= 4 is 0 Å². The average Bonchev–Trinajstić information content (AvgIpc) is 2.37. The molecule has 0 fully saturated rings. The van der Waals surface area contributed by atoms with Crippen molar-refractivity contribution in [3.05, 3.63) is 29.6 Å². The maximum absolute atomic E-state index is 13.8. The second-order valence-corrected chi connectivity index (χ2v) is 5.22. The first-order chi connectivity index (χ1) is 9.06. The van der Waals surface area contributed by atoms with Crippen molar-refractivity contribution in [1.82, 2.24) is 0 Å². The van der Waals surface area contributed by atoms with Gasteiger partial charge < -0.3 is 10.5 Å². The highest BCUT2D eigenvalue weighted by atomic mass is 19.1. The molecule has 1 rings (SSSR count). The number of rotatable bonds is 8. The minimum absolute atomic E-state index is 0.0197. The average molecular weight is 267 g/mol. The molecule has 0 spiro atoms. The van der Waals surface area contributed by atoms with Gasteiger partial charge in [-0.1, -0.05) is 38.3 Å². The summed E-state index contributed by atoms with van der Waals surface area (Å²) in [5.74, 6) is -0.00398. The number of ether oxygens (including phenoxy) is 1. The number of hydrogen-bond acceptors (Lipinski definition) is 2. The van der Waals surface area contributed by atoms with Crippen LogP contribution in [-0.4, -0.2) is 6.10 Å². The van der Waals surface area contributed by atoms with Crippen LogP contribution >= 0.6 is 0 Å². The van der Waals surface area contributed by atoms with Crippen molar-refractivity contribution < 1.29 is 9.13 Å². The Morgan fingerprint density at radius 3 is 2.58 bits per heavy atom. The van der Waals surface area contributed by atoms with Crippen molar-refractivity contribution in [2.75, 3.05) is 0 Å². The van der Waals surface area contributed by atoms with E-state index in [4.69, 9.17) is 10.5 Å². The Morgan fingerprint density at radius 2 is 1.95 bits per heavy atom. The minimum Gasteiger partial charge on any atom is -0.487 e. The fourth-order valence-corrected chi connectivity index (χ4v) is 2.13. The van der Waals surface area contributed by atoms with Gasteiger partial charge in [0.2, 0.25) is 0 Å². The zero-order chi connectivity index (χ0) is 14.3. The van der Waals surface area contributed by atoms with E-state index in [2.05, 4.69) is 6.92 Å². The molecule has 2 nitrogen and oxygen atoms in total. The summed E-state index contributed by atoms with van der Waals surface area (Å²) in [6, 6.07) is 4.70. The summed E-state index contributed by atoms with van der Waals surface area (Å²) < 4.78 is 19.6. The first-order valence-electron chi connectivity index (χ1n) is 7.26. The van der Waals surface area contributed by atoms with E-state index >= 15 is 0 Å².